The van der Waals surface area contributed by atoms with Gasteiger partial charge in [0.15, 0.2) is 5.03 Å². The number of aromatic nitrogens is 2. The zero-order valence-corrected chi connectivity index (χ0v) is 13.0. The molecule has 2 aromatic rings. The number of imidazole rings is 1. The first-order valence-corrected chi connectivity index (χ1v) is 8.74. The highest BCUT2D eigenvalue weighted by atomic mass is 35.7. The van der Waals surface area contributed by atoms with Crippen molar-refractivity contribution in [3.05, 3.63) is 47.4 Å². The third kappa shape index (κ3) is 3.84. The summed E-state index contributed by atoms with van der Waals surface area (Å²) in [7, 11) is 1.52. The lowest BCUT2D eigenvalue weighted by atomic mass is 10.1. The molecule has 0 aliphatic heterocycles. The average molecular weight is 324 g/mol. The maximum absolute atomic E-state index is 11.4. The van der Waals surface area contributed by atoms with Crippen LogP contribution in [0.2, 0.25) is 0 Å². The van der Waals surface area contributed by atoms with Crippen LogP contribution in [-0.2, 0) is 22.0 Å². The second-order valence-electron chi connectivity index (χ2n) is 4.62. The Labute approximate surface area is 128 Å². The molecule has 0 aliphatic carbocycles. The molecular formula is C14H14ClN3O2S. The molecule has 0 unspecified atom stereocenters. The minimum atomic E-state index is -3.83. The molecule has 0 N–H and O–H groups in total. The molecule has 110 valence electrons. The molecule has 0 fully saturated rings. The number of aryl methyl sites for hydroxylation is 1. The van der Waals surface area contributed by atoms with Gasteiger partial charge in [-0.25, -0.2) is 13.4 Å². The summed E-state index contributed by atoms with van der Waals surface area (Å²) < 4.78 is 24.6. The van der Waals surface area contributed by atoms with E-state index >= 15 is 0 Å². The molecular weight excluding hydrogens is 310 g/mol. The van der Waals surface area contributed by atoms with E-state index in [0.717, 1.165) is 12.0 Å². The Morgan fingerprint density at radius 3 is 2.52 bits per heavy atom. The number of nitriles is 1. The van der Waals surface area contributed by atoms with E-state index in [9.17, 15) is 8.42 Å². The molecule has 0 saturated carbocycles. The second-order valence-corrected chi connectivity index (χ2v) is 7.13. The molecule has 21 heavy (non-hydrogen) atoms. The highest BCUT2D eigenvalue weighted by molar-refractivity contribution is 8.13. The topological polar surface area (TPSA) is 75.8 Å². The molecule has 0 aliphatic rings. The summed E-state index contributed by atoms with van der Waals surface area (Å²) in [4.78, 5) is 4.09. The minimum Gasteiger partial charge on any atom is -0.329 e. The highest BCUT2D eigenvalue weighted by Crippen LogP contribution is 2.17. The number of hydrogen-bond acceptors (Lipinski definition) is 4. The predicted octanol–water partition coefficient (Wildman–Crippen LogP) is 2.68. The van der Waals surface area contributed by atoms with Crippen LogP contribution in [0.15, 0.2) is 35.5 Å². The molecule has 2 rings (SSSR count). The predicted molar refractivity (Wildman–Crippen MR) is 79.5 cm³/mol. The van der Waals surface area contributed by atoms with Crippen molar-refractivity contribution in [3.63, 3.8) is 0 Å². The number of rotatable bonds is 5. The van der Waals surface area contributed by atoms with Gasteiger partial charge in [-0.15, -0.1) is 0 Å². The maximum atomic E-state index is 11.4. The summed E-state index contributed by atoms with van der Waals surface area (Å²) in [5.41, 5.74) is 1.55. The maximum Gasteiger partial charge on any atom is 0.280 e. The van der Waals surface area contributed by atoms with Crippen molar-refractivity contribution in [1.82, 2.24) is 9.55 Å². The Balaban J connectivity index is 2.33. The van der Waals surface area contributed by atoms with Gasteiger partial charge in [0.1, 0.15) is 5.82 Å². The van der Waals surface area contributed by atoms with Crippen LogP contribution in [0, 0.1) is 11.3 Å². The van der Waals surface area contributed by atoms with E-state index in [4.69, 9.17) is 15.9 Å². The van der Waals surface area contributed by atoms with Gasteiger partial charge in [0.2, 0.25) is 0 Å². The Bertz CT molecular complexity index is 774. The minimum absolute atomic E-state index is 0.124. The van der Waals surface area contributed by atoms with Crippen molar-refractivity contribution in [1.29, 1.82) is 5.26 Å². The van der Waals surface area contributed by atoms with E-state index in [1.807, 2.05) is 19.1 Å². The van der Waals surface area contributed by atoms with E-state index in [-0.39, 0.29) is 5.03 Å². The molecule has 0 saturated heterocycles. The van der Waals surface area contributed by atoms with Crippen molar-refractivity contribution in [3.8, 4) is 6.07 Å². The molecule has 0 spiro atoms. The molecule has 1 aromatic heterocycles. The van der Waals surface area contributed by atoms with Gasteiger partial charge < -0.3 is 4.57 Å². The third-order valence-electron chi connectivity index (χ3n) is 3.00. The van der Waals surface area contributed by atoms with Crippen molar-refractivity contribution < 1.29 is 8.42 Å². The number of hydrogen-bond donors (Lipinski definition) is 0. The van der Waals surface area contributed by atoms with E-state index in [1.54, 1.807) is 16.7 Å². The smallest absolute Gasteiger partial charge is 0.280 e. The molecule has 1 aromatic carbocycles. The zero-order valence-electron chi connectivity index (χ0n) is 11.5. The molecule has 1 heterocycles. The van der Waals surface area contributed by atoms with Crippen LogP contribution >= 0.6 is 10.7 Å². The van der Waals surface area contributed by atoms with Gasteiger partial charge in [0, 0.05) is 29.8 Å². The Morgan fingerprint density at radius 2 is 2.00 bits per heavy atom. The average Bonchev–Trinajstić information content (AvgIpc) is 2.83. The van der Waals surface area contributed by atoms with Gasteiger partial charge in [-0.3, -0.25) is 0 Å². The molecule has 7 heteroatoms. The quantitative estimate of drug-likeness (QED) is 0.793. The third-order valence-corrected chi connectivity index (χ3v) is 4.17. The molecule has 5 nitrogen and oxygen atoms in total. The molecule has 0 radical (unpaired) electrons. The van der Waals surface area contributed by atoms with Crippen LogP contribution in [-0.4, -0.2) is 18.0 Å². The summed E-state index contributed by atoms with van der Waals surface area (Å²) in [5.74, 6) is 0.682. The van der Waals surface area contributed by atoms with Crippen molar-refractivity contribution in [2.24, 2.45) is 0 Å². The highest BCUT2D eigenvalue weighted by Gasteiger charge is 2.17. The first kappa shape index (κ1) is 15.5. The van der Waals surface area contributed by atoms with Gasteiger partial charge in [0.25, 0.3) is 9.05 Å². The van der Waals surface area contributed by atoms with Crippen molar-refractivity contribution in [2.75, 3.05) is 0 Å². The molecule has 0 bridgehead atoms. The standard InChI is InChI=1S/C14H14ClN3O2S/c1-2-3-13-17-14(21(15,19)20)10-18(13)9-12-6-4-11(8-16)5-7-12/h4-7,10H,2-3,9H2,1H3. The van der Waals surface area contributed by atoms with Gasteiger partial charge in [-0.1, -0.05) is 19.1 Å². The Hall–Kier alpha value is -1.84. The second kappa shape index (κ2) is 6.29. The SMILES string of the molecule is CCCc1nc(S(=O)(=O)Cl)cn1Cc1ccc(C#N)cc1. The Kier molecular flexibility index (Phi) is 4.66. The summed E-state index contributed by atoms with van der Waals surface area (Å²) in [5, 5.41) is 8.65. The lowest BCUT2D eigenvalue weighted by molar-refractivity contribution is 0.606. The van der Waals surface area contributed by atoms with E-state index in [2.05, 4.69) is 11.1 Å². The van der Waals surface area contributed by atoms with Gasteiger partial charge in [-0.05, 0) is 24.1 Å². The van der Waals surface area contributed by atoms with Crippen molar-refractivity contribution in [2.45, 2.75) is 31.3 Å². The fraction of sp³-hybridized carbons (Fsp3) is 0.286. The van der Waals surface area contributed by atoms with Crippen LogP contribution in [0.4, 0.5) is 0 Å². The fourth-order valence-corrected chi connectivity index (χ4v) is 2.68. The van der Waals surface area contributed by atoms with E-state index < -0.39 is 9.05 Å². The molecule has 0 atom stereocenters. The van der Waals surface area contributed by atoms with Crippen LogP contribution in [0.3, 0.4) is 0 Å². The lowest BCUT2D eigenvalue weighted by Crippen LogP contribution is -2.04. The first-order chi connectivity index (χ1) is 9.94. The monoisotopic (exact) mass is 323 g/mol. The molecule has 0 amide bonds. The summed E-state index contributed by atoms with van der Waals surface area (Å²) in [6, 6.07) is 9.19. The van der Waals surface area contributed by atoms with Crippen molar-refractivity contribution >= 4 is 19.7 Å². The summed E-state index contributed by atoms with van der Waals surface area (Å²) in [6.07, 6.45) is 2.97. The van der Waals surface area contributed by atoms with Gasteiger partial charge in [0.05, 0.1) is 11.6 Å². The normalized spacial score (nSPS) is 11.3. The van der Waals surface area contributed by atoms with Gasteiger partial charge >= 0.3 is 0 Å². The Morgan fingerprint density at radius 1 is 1.33 bits per heavy atom. The van der Waals surface area contributed by atoms with Crippen LogP contribution in [0.5, 0.6) is 0 Å². The van der Waals surface area contributed by atoms with Crippen LogP contribution < -0.4 is 0 Å². The van der Waals surface area contributed by atoms with Gasteiger partial charge in [-0.2, -0.15) is 5.26 Å². The largest absolute Gasteiger partial charge is 0.329 e. The van der Waals surface area contributed by atoms with E-state index in [0.29, 0.717) is 24.4 Å². The summed E-state index contributed by atoms with van der Waals surface area (Å²) in [6.45, 7) is 2.48. The van der Waals surface area contributed by atoms with Crippen LogP contribution in [0.1, 0.15) is 30.3 Å². The fourth-order valence-electron chi connectivity index (χ4n) is 1.99. The van der Waals surface area contributed by atoms with Crippen LogP contribution in [0.25, 0.3) is 0 Å². The number of halogens is 1. The lowest BCUT2D eigenvalue weighted by Gasteiger charge is -2.07. The first-order valence-electron chi connectivity index (χ1n) is 6.43. The number of nitrogens with zero attached hydrogens (tertiary/aromatic N) is 3. The summed E-state index contributed by atoms with van der Waals surface area (Å²) >= 11 is 0. The van der Waals surface area contributed by atoms with E-state index in [1.165, 1.54) is 6.20 Å². The number of benzene rings is 1. The zero-order chi connectivity index (χ0) is 15.5.